The lowest BCUT2D eigenvalue weighted by atomic mass is 9.65. The third-order valence-electron chi connectivity index (χ3n) is 5.59. The van der Waals surface area contributed by atoms with Gasteiger partial charge in [0.25, 0.3) is 0 Å². The number of anilines is 1. The minimum atomic E-state index is 0.0745. The standard InChI is InChI=1S/C19H23N3O2/c20-17-12-3-1-4-13(17)10-15(9-12)18(23)22-16-6-2-5-14(11-16)19-21-7-8-24-19/h2,5-8,11-13,15,17H,1,3-4,9-10,20H2,(H,22,23). The van der Waals surface area contributed by atoms with E-state index in [9.17, 15) is 4.79 Å². The number of oxazole rings is 1. The predicted molar refractivity (Wildman–Crippen MR) is 92.1 cm³/mol. The molecule has 5 nitrogen and oxygen atoms in total. The van der Waals surface area contributed by atoms with E-state index in [-0.39, 0.29) is 17.9 Å². The Morgan fingerprint density at radius 1 is 1.25 bits per heavy atom. The van der Waals surface area contributed by atoms with Gasteiger partial charge < -0.3 is 15.5 Å². The number of aromatic nitrogens is 1. The molecule has 2 fully saturated rings. The number of fused-ring (bicyclic) bond motifs is 2. The summed E-state index contributed by atoms with van der Waals surface area (Å²) in [5.41, 5.74) is 7.97. The second kappa shape index (κ2) is 6.40. The molecule has 4 rings (SSSR count). The van der Waals surface area contributed by atoms with Crippen LogP contribution in [0.2, 0.25) is 0 Å². The van der Waals surface area contributed by atoms with Crippen molar-refractivity contribution < 1.29 is 9.21 Å². The van der Waals surface area contributed by atoms with Crippen molar-refractivity contribution in [3.63, 3.8) is 0 Å². The Bertz CT molecular complexity index is 699. The quantitative estimate of drug-likeness (QED) is 0.906. The Kier molecular flexibility index (Phi) is 4.10. The first-order chi connectivity index (χ1) is 11.7. The summed E-state index contributed by atoms with van der Waals surface area (Å²) < 4.78 is 5.32. The summed E-state index contributed by atoms with van der Waals surface area (Å²) in [5, 5.41) is 3.07. The number of nitrogens with one attached hydrogen (secondary N) is 1. The van der Waals surface area contributed by atoms with Gasteiger partial charge >= 0.3 is 0 Å². The number of carbonyl (C=O) groups excluding carboxylic acids is 1. The lowest BCUT2D eigenvalue weighted by Crippen LogP contribution is -2.48. The zero-order valence-corrected chi connectivity index (χ0v) is 13.7. The molecule has 2 aromatic rings. The van der Waals surface area contributed by atoms with E-state index in [0.717, 1.165) is 24.1 Å². The molecule has 2 bridgehead atoms. The van der Waals surface area contributed by atoms with E-state index in [2.05, 4.69) is 10.3 Å². The lowest BCUT2D eigenvalue weighted by molar-refractivity contribution is -0.122. The van der Waals surface area contributed by atoms with Gasteiger partial charge in [-0.1, -0.05) is 12.5 Å². The molecule has 1 aromatic carbocycles. The van der Waals surface area contributed by atoms with Gasteiger partial charge in [-0.15, -0.1) is 0 Å². The van der Waals surface area contributed by atoms with E-state index in [1.807, 2.05) is 24.3 Å². The van der Waals surface area contributed by atoms with Crippen molar-refractivity contribution in [2.75, 3.05) is 5.32 Å². The molecule has 0 radical (unpaired) electrons. The lowest BCUT2D eigenvalue weighted by Gasteiger charge is -2.43. The summed E-state index contributed by atoms with van der Waals surface area (Å²) in [6, 6.07) is 7.92. The summed E-state index contributed by atoms with van der Waals surface area (Å²) in [4.78, 5) is 16.9. The van der Waals surface area contributed by atoms with Crippen LogP contribution in [0.4, 0.5) is 5.69 Å². The van der Waals surface area contributed by atoms with Crippen LogP contribution in [0.3, 0.4) is 0 Å². The normalized spacial score (nSPS) is 29.2. The molecule has 3 N–H and O–H groups in total. The Labute approximate surface area is 141 Å². The smallest absolute Gasteiger partial charge is 0.227 e. The van der Waals surface area contributed by atoms with Crippen LogP contribution in [0.1, 0.15) is 32.1 Å². The summed E-state index contributed by atoms with van der Waals surface area (Å²) >= 11 is 0. The van der Waals surface area contributed by atoms with E-state index < -0.39 is 0 Å². The van der Waals surface area contributed by atoms with E-state index >= 15 is 0 Å². The highest BCUT2D eigenvalue weighted by Gasteiger charge is 2.40. The van der Waals surface area contributed by atoms with Crippen molar-refractivity contribution in [1.29, 1.82) is 0 Å². The zero-order chi connectivity index (χ0) is 16.5. The molecular formula is C19H23N3O2. The number of hydrogen-bond acceptors (Lipinski definition) is 4. The number of rotatable bonds is 3. The molecule has 2 unspecified atom stereocenters. The molecule has 2 atom stereocenters. The van der Waals surface area contributed by atoms with Gasteiger partial charge in [0, 0.05) is 23.2 Å². The molecule has 2 aliphatic rings. The van der Waals surface area contributed by atoms with Gasteiger partial charge in [0.05, 0.1) is 6.20 Å². The first-order valence-electron chi connectivity index (χ1n) is 8.77. The molecule has 2 aliphatic carbocycles. The van der Waals surface area contributed by atoms with E-state index in [1.54, 1.807) is 12.5 Å². The monoisotopic (exact) mass is 325 g/mol. The topological polar surface area (TPSA) is 81.2 Å². The first kappa shape index (κ1) is 15.4. The number of carbonyl (C=O) groups is 1. The van der Waals surface area contributed by atoms with Crippen molar-refractivity contribution in [2.45, 2.75) is 38.1 Å². The van der Waals surface area contributed by atoms with Crippen molar-refractivity contribution in [3.8, 4) is 11.5 Å². The van der Waals surface area contributed by atoms with Crippen molar-refractivity contribution >= 4 is 11.6 Å². The molecule has 0 saturated heterocycles. The highest BCUT2D eigenvalue weighted by atomic mass is 16.3. The number of hydrogen-bond donors (Lipinski definition) is 2. The van der Waals surface area contributed by atoms with Crippen LogP contribution in [-0.4, -0.2) is 16.9 Å². The minimum Gasteiger partial charge on any atom is -0.445 e. The SMILES string of the molecule is NC1C2CCCC1CC(C(=O)Nc1cccc(-c3ncco3)c1)C2. The third-order valence-corrected chi connectivity index (χ3v) is 5.59. The highest BCUT2D eigenvalue weighted by molar-refractivity contribution is 5.93. The fourth-order valence-corrected chi connectivity index (χ4v) is 4.34. The molecule has 0 spiro atoms. The van der Waals surface area contributed by atoms with E-state index in [1.165, 1.54) is 19.3 Å². The van der Waals surface area contributed by atoms with Crippen molar-refractivity contribution in [3.05, 3.63) is 36.7 Å². The Morgan fingerprint density at radius 2 is 2.04 bits per heavy atom. The molecule has 1 amide bonds. The minimum absolute atomic E-state index is 0.0745. The highest BCUT2D eigenvalue weighted by Crippen LogP contribution is 2.42. The van der Waals surface area contributed by atoms with Crippen LogP contribution in [-0.2, 0) is 4.79 Å². The van der Waals surface area contributed by atoms with Gasteiger partial charge in [-0.25, -0.2) is 4.98 Å². The zero-order valence-electron chi connectivity index (χ0n) is 13.7. The number of nitrogens with two attached hydrogens (primary N) is 1. The largest absolute Gasteiger partial charge is 0.445 e. The Balaban J connectivity index is 1.46. The van der Waals surface area contributed by atoms with Gasteiger partial charge in [0.1, 0.15) is 6.26 Å². The number of nitrogens with zero attached hydrogens (tertiary/aromatic N) is 1. The van der Waals surface area contributed by atoms with Crippen LogP contribution in [0.5, 0.6) is 0 Å². The summed E-state index contributed by atoms with van der Waals surface area (Å²) in [6.45, 7) is 0. The van der Waals surface area contributed by atoms with Crippen molar-refractivity contribution in [2.24, 2.45) is 23.5 Å². The van der Waals surface area contributed by atoms with Gasteiger partial charge in [0.15, 0.2) is 0 Å². The molecule has 0 aliphatic heterocycles. The van der Waals surface area contributed by atoms with E-state index in [4.69, 9.17) is 10.2 Å². The fraction of sp³-hybridized carbons (Fsp3) is 0.474. The van der Waals surface area contributed by atoms with Crippen LogP contribution < -0.4 is 11.1 Å². The maximum atomic E-state index is 12.7. The number of benzene rings is 1. The van der Waals surface area contributed by atoms with E-state index in [0.29, 0.717) is 17.7 Å². The summed E-state index contributed by atoms with van der Waals surface area (Å²) in [6.07, 6.45) is 8.60. The Hall–Kier alpha value is -2.14. The maximum absolute atomic E-state index is 12.7. The van der Waals surface area contributed by atoms with Crippen LogP contribution in [0.15, 0.2) is 41.1 Å². The average Bonchev–Trinajstić information content (AvgIpc) is 3.09. The first-order valence-corrected chi connectivity index (χ1v) is 8.77. The fourth-order valence-electron chi connectivity index (χ4n) is 4.34. The van der Waals surface area contributed by atoms with Gasteiger partial charge in [-0.3, -0.25) is 4.79 Å². The van der Waals surface area contributed by atoms with Crippen molar-refractivity contribution in [1.82, 2.24) is 4.98 Å². The second-order valence-electron chi connectivity index (χ2n) is 7.10. The van der Waals surface area contributed by atoms with Crippen LogP contribution >= 0.6 is 0 Å². The number of amides is 1. The molecule has 24 heavy (non-hydrogen) atoms. The molecule has 1 heterocycles. The predicted octanol–water partition coefficient (Wildman–Crippen LogP) is 3.43. The molecule has 1 aromatic heterocycles. The summed E-state index contributed by atoms with van der Waals surface area (Å²) in [7, 11) is 0. The molecule has 2 saturated carbocycles. The molecular weight excluding hydrogens is 302 g/mol. The third kappa shape index (κ3) is 2.96. The van der Waals surface area contributed by atoms with Gasteiger partial charge in [-0.05, 0) is 55.7 Å². The Morgan fingerprint density at radius 3 is 2.75 bits per heavy atom. The maximum Gasteiger partial charge on any atom is 0.227 e. The summed E-state index contributed by atoms with van der Waals surface area (Å²) in [5.74, 6) is 1.76. The molecule has 126 valence electrons. The second-order valence-corrected chi connectivity index (χ2v) is 7.10. The van der Waals surface area contributed by atoms with Crippen LogP contribution in [0, 0.1) is 17.8 Å². The molecule has 5 heteroatoms. The average molecular weight is 325 g/mol. The van der Waals surface area contributed by atoms with Gasteiger partial charge in [-0.2, -0.15) is 0 Å². The van der Waals surface area contributed by atoms with Gasteiger partial charge in [0.2, 0.25) is 11.8 Å². The van der Waals surface area contributed by atoms with Crippen LogP contribution in [0.25, 0.3) is 11.5 Å².